The van der Waals surface area contributed by atoms with Crippen LogP contribution in [0.3, 0.4) is 0 Å². The fourth-order valence-corrected chi connectivity index (χ4v) is 7.47. The lowest BCUT2D eigenvalue weighted by Crippen LogP contribution is -2.52. The van der Waals surface area contributed by atoms with E-state index in [1.807, 2.05) is 18.2 Å². The summed E-state index contributed by atoms with van der Waals surface area (Å²) in [5.41, 5.74) is 0.778. The number of hydrogen-bond acceptors (Lipinski definition) is 4. The maximum Gasteiger partial charge on any atom is 0.396 e. The van der Waals surface area contributed by atoms with E-state index in [1.165, 1.54) is 21.8 Å². The summed E-state index contributed by atoms with van der Waals surface area (Å²) >= 11 is 0. The number of nitrogens with zero attached hydrogens (tertiary/aromatic N) is 1. The van der Waals surface area contributed by atoms with E-state index in [9.17, 15) is 30.5 Å². The number of hydrogen-bond donors (Lipinski definition) is 0. The van der Waals surface area contributed by atoms with E-state index in [4.69, 9.17) is 5.26 Å². The van der Waals surface area contributed by atoms with Crippen molar-refractivity contribution in [1.82, 2.24) is 0 Å². The molecule has 2 aliphatic rings. The molecule has 3 atom stereocenters. The Morgan fingerprint density at radius 2 is 1.65 bits per heavy atom. The lowest BCUT2D eigenvalue weighted by Gasteiger charge is -2.36. The van der Waals surface area contributed by atoms with E-state index >= 15 is 0 Å². The van der Waals surface area contributed by atoms with Crippen LogP contribution in [-0.2, 0) is 21.0 Å². The lowest BCUT2D eigenvalue weighted by atomic mass is 9.84. The first kappa shape index (κ1) is 26.8. The molecule has 34 heavy (non-hydrogen) atoms. The zero-order chi connectivity index (χ0) is 25.3. The van der Waals surface area contributed by atoms with Crippen LogP contribution < -0.4 is 0 Å². The summed E-state index contributed by atoms with van der Waals surface area (Å²) in [6.45, 7) is 4.47. The lowest BCUT2D eigenvalue weighted by molar-refractivity contribution is -0.202. The topological polar surface area (TPSA) is 81.0 Å². The molecule has 0 spiro atoms. The number of alkyl halides is 4. The van der Waals surface area contributed by atoms with Crippen LogP contribution in [0, 0.1) is 29.1 Å². The molecule has 0 aromatic heterocycles. The molecule has 2 aliphatic carbocycles. The molecule has 3 unspecified atom stereocenters. The largest absolute Gasteiger partial charge is 0.743 e. The van der Waals surface area contributed by atoms with Crippen LogP contribution in [0.15, 0.2) is 41.3 Å². The molecule has 0 saturated heterocycles. The van der Waals surface area contributed by atoms with Gasteiger partial charge in [-0.05, 0) is 63.1 Å². The second-order valence-electron chi connectivity index (χ2n) is 8.71. The molecule has 4 nitrogen and oxygen atoms in total. The van der Waals surface area contributed by atoms with Gasteiger partial charge in [-0.3, -0.25) is 0 Å². The SMILES string of the molecule is CC[S+](CC)c1ccc(C#N)c2ccccc12.O=S(=O)([O-])C(F)(F)C(F)(F)C1CC2CCC1C2. The van der Waals surface area contributed by atoms with Crippen molar-refractivity contribution in [1.29, 1.82) is 5.26 Å². The summed E-state index contributed by atoms with van der Waals surface area (Å²) in [6.07, 6.45) is 1.42. The molecule has 2 aromatic rings. The van der Waals surface area contributed by atoms with E-state index in [2.05, 4.69) is 38.1 Å². The fourth-order valence-electron chi connectivity index (χ4n) is 5.21. The van der Waals surface area contributed by atoms with Crippen LogP contribution >= 0.6 is 0 Å². The number of benzene rings is 2. The monoisotopic (exact) mass is 517 g/mol. The van der Waals surface area contributed by atoms with Gasteiger partial charge in [0.05, 0.1) is 11.6 Å². The predicted octanol–water partition coefficient (Wildman–Crippen LogP) is 5.92. The van der Waals surface area contributed by atoms with E-state index in [-0.39, 0.29) is 12.3 Å². The summed E-state index contributed by atoms with van der Waals surface area (Å²) < 4.78 is 84.0. The number of fused-ring (bicyclic) bond motifs is 3. The van der Waals surface area contributed by atoms with Crippen molar-refractivity contribution in [3.63, 3.8) is 0 Å². The van der Waals surface area contributed by atoms with E-state index < -0.39 is 33.1 Å². The van der Waals surface area contributed by atoms with E-state index in [1.54, 1.807) is 0 Å². The zero-order valence-corrected chi connectivity index (χ0v) is 20.6. The molecule has 0 radical (unpaired) electrons. The van der Waals surface area contributed by atoms with Crippen molar-refractivity contribution >= 4 is 31.8 Å². The van der Waals surface area contributed by atoms with Crippen LogP contribution in [0.2, 0.25) is 0 Å². The first-order valence-electron chi connectivity index (χ1n) is 11.2. The molecule has 2 bridgehead atoms. The van der Waals surface area contributed by atoms with Gasteiger partial charge in [-0.2, -0.15) is 22.8 Å². The normalized spacial score (nSPS) is 22.5. The minimum atomic E-state index is -6.35. The second-order valence-corrected chi connectivity index (χ2v) is 12.7. The first-order chi connectivity index (χ1) is 15.9. The minimum absolute atomic E-state index is 0.0407. The summed E-state index contributed by atoms with van der Waals surface area (Å²) in [5, 5.41) is 5.95. The molecular weight excluding hydrogens is 490 g/mol. The Kier molecular flexibility index (Phi) is 7.90. The summed E-state index contributed by atoms with van der Waals surface area (Å²) in [6, 6.07) is 14.6. The average molecular weight is 518 g/mol. The number of nitriles is 1. The Morgan fingerprint density at radius 1 is 1.03 bits per heavy atom. The van der Waals surface area contributed by atoms with Crippen molar-refractivity contribution < 1.29 is 30.5 Å². The molecule has 4 rings (SSSR count). The van der Waals surface area contributed by atoms with Gasteiger partial charge in [0.1, 0.15) is 11.5 Å². The predicted molar refractivity (Wildman–Crippen MR) is 124 cm³/mol. The fraction of sp³-hybridized carbons (Fsp3) is 0.542. The van der Waals surface area contributed by atoms with Gasteiger partial charge in [-0.15, -0.1) is 0 Å². The highest BCUT2D eigenvalue weighted by atomic mass is 32.2. The van der Waals surface area contributed by atoms with E-state index in [0.717, 1.165) is 10.9 Å². The molecule has 2 saturated carbocycles. The Bertz CT molecular complexity index is 1180. The Balaban J connectivity index is 0.000000191. The molecule has 0 amide bonds. The van der Waals surface area contributed by atoms with Crippen molar-refractivity contribution in [3.05, 3.63) is 42.0 Å². The zero-order valence-electron chi connectivity index (χ0n) is 18.9. The maximum atomic E-state index is 13.5. The van der Waals surface area contributed by atoms with Gasteiger partial charge < -0.3 is 4.55 Å². The molecule has 186 valence electrons. The van der Waals surface area contributed by atoms with Gasteiger partial charge in [0.15, 0.2) is 15.0 Å². The van der Waals surface area contributed by atoms with Gasteiger partial charge in [-0.25, -0.2) is 8.42 Å². The molecule has 2 fully saturated rings. The molecule has 0 N–H and O–H groups in total. The van der Waals surface area contributed by atoms with Gasteiger partial charge >= 0.3 is 11.2 Å². The molecule has 2 aromatic carbocycles. The maximum absolute atomic E-state index is 13.5. The highest BCUT2D eigenvalue weighted by molar-refractivity contribution is 7.97. The Hall–Kier alpha value is -1.83. The van der Waals surface area contributed by atoms with Crippen LogP contribution in [0.4, 0.5) is 17.6 Å². The second kappa shape index (κ2) is 10.0. The third-order valence-corrected chi connectivity index (χ3v) is 10.2. The van der Waals surface area contributed by atoms with Crippen molar-refractivity contribution in [2.24, 2.45) is 17.8 Å². The summed E-state index contributed by atoms with van der Waals surface area (Å²) in [5.74, 6) is -4.75. The third-order valence-electron chi connectivity index (χ3n) is 6.92. The molecular formula is C24H27F4NO3S2. The van der Waals surface area contributed by atoms with Crippen molar-refractivity contribution in [2.75, 3.05) is 11.5 Å². The van der Waals surface area contributed by atoms with Crippen LogP contribution in [0.25, 0.3) is 10.8 Å². The first-order valence-corrected chi connectivity index (χ1v) is 14.2. The highest BCUT2D eigenvalue weighted by Gasteiger charge is 2.68. The minimum Gasteiger partial charge on any atom is -0.743 e. The van der Waals surface area contributed by atoms with Crippen LogP contribution in [-0.4, -0.2) is 35.7 Å². The number of rotatable bonds is 6. The summed E-state index contributed by atoms with van der Waals surface area (Å²) in [4.78, 5) is 1.41. The number of halogens is 4. The Labute approximate surface area is 200 Å². The van der Waals surface area contributed by atoms with Crippen molar-refractivity contribution in [3.8, 4) is 6.07 Å². The van der Waals surface area contributed by atoms with Crippen molar-refractivity contribution in [2.45, 2.75) is 55.6 Å². The van der Waals surface area contributed by atoms with Crippen LogP contribution in [0.5, 0.6) is 0 Å². The standard InChI is InChI=1S/C15H16NS.C9H12F4O3S/c1-3-17(4-2)15-10-9-12(11-16)13-7-5-6-8-14(13)15;10-8(11,9(12,13)17(14,15)16)7-4-5-1-2-6(7)3-5/h5-10H,3-4H2,1-2H3;5-7H,1-4H2,(H,14,15,16)/q+1;/p-1. The van der Waals surface area contributed by atoms with Gasteiger partial charge in [-0.1, -0.05) is 24.6 Å². The average Bonchev–Trinajstić information content (AvgIpc) is 3.44. The molecule has 0 aliphatic heterocycles. The molecule has 10 heteroatoms. The van der Waals surface area contributed by atoms with Gasteiger partial charge in [0, 0.05) is 27.6 Å². The molecule has 0 heterocycles. The Morgan fingerprint density at radius 3 is 2.12 bits per heavy atom. The van der Waals surface area contributed by atoms with Gasteiger partial charge in [0.2, 0.25) is 0 Å². The van der Waals surface area contributed by atoms with E-state index in [0.29, 0.717) is 30.2 Å². The van der Waals surface area contributed by atoms with Gasteiger partial charge in [0.25, 0.3) is 0 Å². The smallest absolute Gasteiger partial charge is 0.396 e. The van der Waals surface area contributed by atoms with Crippen LogP contribution in [0.1, 0.15) is 45.1 Å². The summed E-state index contributed by atoms with van der Waals surface area (Å²) in [7, 11) is -6.04. The third kappa shape index (κ3) is 4.79. The quantitative estimate of drug-likeness (QED) is 0.270. The highest BCUT2D eigenvalue weighted by Crippen LogP contribution is 2.58.